The van der Waals surface area contributed by atoms with E-state index >= 15 is 0 Å². The summed E-state index contributed by atoms with van der Waals surface area (Å²) in [5.74, 6) is -10.2. The van der Waals surface area contributed by atoms with Gasteiger partial charge in [0.1, 0.15) is 11.3 Å². The zero-order valence-corrected chi connectivity index (χ0v) is 12.8. The van der Waals surface area contributed by atoms with E-state index in [2.05, 4.69) is 5.10 Å². The number of nitrogens with one attached hydrogen (secondary N) is 1. The molecule has 4 nitrogen and oxygen atoms in total. The molecule has 0 heterocycles. The number of rotatable bonds is 4. The van der Waals surface area contributed by atoms with Crippen LogP contribution in [-0.2, 0) is 6.18 Å². The van der Waals surface area contributed by atoms with Crippen LogP contribution < -0.4 is 10.2 Å². The Labute approximate surface area is 141 Å². The van der Waals surface area contributed by atoms with Crippen LogP contribution in [0.15, 0.2) is 23.3 Å². The summed E-state index contributed by atoms with van der Waals surface area (Å²) in [6, 6.07) is 4.13. The lowest BCUT2D eigenvalue weighted by molar-refractivity contribution is -0.143. The van der Waals surface area contributed by atoms with Crippen LogP contribution in [0, 0.1) is 23.3 Å². The van der Waals surface area contributed by atoms with Gasteiger partial charge in [0.15, 0.2) is 34.8 Å². The number of ether oxygens (including phenoxy) is 1. The second kappa shape index (κ2) is 7.10. The first-order valence-corrected chi connectivity index (χ1v) is 6.67. The lowest BCUT2D eigenvalue weighted by atomic mass is 10.1. The van der Waals surface area contributed by atoms with Crippen molar-refractivity contribution >= 4 is 11.9 Å². The molecule has 26 heavy (non-hydrogen) atoms. The van der Waals surface area contributed by atoms with E-state index < -0.39 is 46.4 Å². The first kappa shape index (κ1) is 19.3. The van der Waals surface area contributed by atoms with Gasteiger partial charge in [-0.05, 0) is 12.1 Å². The average molecular weight is 382 g/mol. The fraction of sp³-hybridized carbons (Fsp3) is 0.133. The third kappa shape index (κ3) is 3.51. The molecule has 0 aromatic heterocycles. The van der Waals surface area contributed by atoms with Gasteiger partial charge in [0.05, 0.1) is 13.3 Å². The van der Waals surface area contributed by atoms with Crippen molar-refractivity contribution in [2.24, 2.45) is 5.10 Å². The van der Waals surface area contributed by atoms with Crippen molar-refractivity contribution < 1.29 is 40.6 Å². The minimum absolute atomic E-state index is 0.00878. The highest BCUT2D eigenvalue weighted by atomic mass is 19.4. The normalized spacial score (nSPS) is 11.8. The number of hydrogen-bond donors (Lipinski definition) is 2. The SMILES string of the molecule is COc1cccc(/C=N/Nc2c(F)c(F)c(C(F)(F)F)c(F)c2F)c1O. The molecule has 2 N–H and O–H groups in total. The maximum Gasteiger partial charge on any atom is 0.422 e. The summed E-state index contributed by atoms with van der Waals surface area (Å²) in [7, 11) is 1.26. The summed E-state index contributed by atoms with van der Waals surface area (Å²) in [6.07, 6.45) is -4.83. The Morgan fingerprint density at radius 3 is 2.12 bits per heavy atom. The van der Waals surface area contributed by atoms with Crippen molar-refractivity contribution in [1.82, 2.24) is 0 Å². The van der Waals surface area contributed by atoms with Crippen molar-refractivity contribution in [2.45, 2.75) is 6.18 Å². The van der Waals surface area contributed by atoms with Crippen LogP contribution in [0.3, 0.4) is 0 Å². The van der Waals surface area contributed by atoms with Crippen molar-refractivity contribution in [3.05, 3.63) is 52.6 Å². The third-order valence-corrected chi connectivity index (χ3v) is 3.18. The summed E-state index contributed by atoms with van der Waals surface area (Å²) in [5.41, 5.74) is -2.68. The summed E-state index contributed by atoms with van der Waals surface area (Å²) in [5, 5.41) is 13.0. The predicted molar refractivity (Wildman–Crippen MR) is 77.2 cm³/mol. The highest BCUT2D eigenvalue weighted by Crippen LogP contribution is 2.38. The molecule has 0 amide bonds. The number of benzene rings is 2. The molecule has 0 radical (unpaired) electrons. The Balaban J connectivity index is 2.40. The maximum absolute atomic E-state index is 13.7. The van der Waals surface area contributed by atoms with E-state index in [-0.39, 0.29) is 11.3 Å². The van der Waals surface area contributed by atoms with Crippen LogP contribution in [0.2, 0.25) is 0 Å². The van der Waals surface area contributed by atoms with Gasteiger partial charge in [-0.15, -0.1) is 0 Å². The second-order valence-corrected chi connectivity index (χ2v) is 4.77. The van der Waals surface area contributed by atoms with Crippen LogP contribution in [0.1, 0.15) is 11.1 Å². The lowest BCUT2D eigenvalue weighted by Gasteiger charge is -2.13. The van der Waals surface area contributed by atoms with Gasteiger partial charge >= 0.3 is 6.18 Å². The molecule has 0 atom stereocenters. The van der Waals surface area contributed by atoms with Gasteiger partial charge in [-0.1, -0.05) is 6.07 Å². The molecule has 140 valence electrons. The summed E-state index contributed by atoms with van der Waals surface area (Å²) < 4.78 is 96.5. The second-order valence-electron chi connectivity index (χ2n) is 4.77. The van der Waals surface area contributed by atoms with E-state index in [1.54, 1.807) is 5.43 Å². The number of anilines is 1. The summed E-state index contributed by atoms with van der Waals surface area (Å²) in [6.45, 7) is 0. The molecule has 2 aromatic rings. The molecular formula is C15H9F7N2O2. The number of alkyl halides is 3. The van der Waals surface area contributed by atoms with Gasteiger partial charge in [-0.2, -0.15) is 18.3 Å². The standard InChI is InChI=1S/C15H9F7N2O2/c1-26-7-4-2-3-6(14(7)25)5-23-24-13-11(18)9(16)8(15(20,21)22)10(17)12(13)19/h2-5,24-25H,1H3/b23-5+. The number of aromatic hydroxyl groups is 1. The molecule has 0 saturated heterocycles. The van der Waals surface area contributed by atoms with E-state index in [0.717, 1.165) is 6.21 Å². The quantitative estimate of drug-likeness (QED) is 0.356. The minimum atomic E-state index is -5.63. The number of phenolic OH excluding ortho intramolecular Hbond substituents is 1. The first-order valence-electron chi connectivity index (χ1n) is 6.67. The fourth-order valence-corrected chi connectivity index (χ4v) is 1.95. The molecule has 2 aromatic carbocycles. The van der Waals surface area contributed by atoms with Crippen LogP contribution >= 0.6 is 0 Å². The third-order valence-electron chi connectivity index (χ3n) is 3.18. The van der Waals surface area contributed by atoms with Crippen molar-refractivity contribution in [1.29, 1.82) is 0 Å². The number of phenols is 1. The van der Waals surface area contributed by atoms with Gasteiger partial charge in [0.25, 0.3) is 0 Å². The van der Waals surface area contributed by atoms with Gasteiger partial charge in [0, 0.05) is 5.56 Å². The van der Waals surface area contributed by atoms with Gasteiger partial charge in [-0.25, -0.2) is 17.6 Å². The molecule has 0 aliphatic carbocycles. The smallest absolute Gasteiger partial charge is 0.422 e. The van der Waals surface area contributed by atoms with Gasteiger partial charge < -0.3 is 9.84 Å². The van der Waals surface area contributed by atoms with E-state index in [9.17, 15) is 35.8 Å². The van der Waals surface area contributed by atoms with Crippen LogP contribution in [0.4, 0.5) is 36.4 Å². The molecule has 0 aliphatic heterocycles. The molecule has 2 rings (SSSR count). The largest absolute Gasteiger partial charge is 0.504 e. The van der Waals surface area contributed by atoms with Crippen molar-refractivity contribution in [3.63, 3.8) is 0 Å². The monoisotopic (exact) mass is 382 g/mol. The molecule has 0 unspecified atom stereocenters. The van der Waals surface area contributed by atoms with Crippen LogP contribution in [-0.4, -0.2) is 18.4 Å². The predicted octanol–water partition coefficient (Wildman–Crippen LogP) is 4.42. The van der Waals surface area contributed by atoms with E-state index in [1.807, 2.05) is 0 Å². The number of methoxy groups -OCH3 is 1. The number of para-hydroxylation sites is 1. The molecular weight excluding hydrogens is 373 g/mol. The number of hydrazone groups is 1. The summed E-state index contributed by atoms with van der Waals surface area (Å²) >= 11 is 0. The molecule has 0 bridgehead atoms. The number of hydrogen-bond acceptors (Lipinski definition) is 4. The number of halogens is 7. The first-order chi connectivity index (χ1) is 12.1. The maximum atomic E-state index is 13.7. The van der Waals surface area contributed by atoms with Crippen LogP contribution in [0.25, 0.3) is 0 Å². The highest BCUT2D eigenvalue weighted by molar-refractivity contribution is 5.85. The Morgan fingerprint density at radius 1 is 1.04 bits per heavy atom. The topological polar surface area (TPSA) is 53.8 Å². The minimum Gasteiger partial charge on any atom is -0.504 e. The average Bonchev–Trinajstić information content (AvgIpc) is 2.56. The fourth-order valence-electron chi connectivity index (χ4n) is 1.95. The Hall–Kier alpha value is -2.98. The van der Waals surface area contributed by atoms with Gasteiger partial charge in [-0.3, -0.25) is 5.43 Å². The van der Waals surface area contributed by atoms with Crippen LogP contribution in [0.5, 0.6) is 11.5 Å². The molecule has 0 saturated carbocycles. The molecule has 0 spiro atoms. The van der Waals surface area contributed by atoms with Crippen molar-refractivity contribution in [3.8, 4) is 11.5 Å². The Bertz CT molecular complexity index is 837. The van der Waals surface area contributed by atoms with Crippen molar-refractivity contribution in [2.75, 3.05) is 12.5 Å². The lowest BCUT2D eigenvalue weighted by Crippen LogP contribution is -2.16. The van der Waals surface area contributed by atoms with E-state index in [0.29, 0.717) is 0 Å². The zero-order valence-electron chi connectivity index (χ0n) is 12.8. The molecule has 0 fully saturated rings. The Kier molecular flexibility index (Phi) is 5.28. The molecule has 0 aliphatic rings. The zero-order chi connectivity index (χ0) is 19.6. The van der Waals surface area contributed by atoms with E-state index in [4.69, 9.17) is 4.74 Å². The van der Waals surface area contributed by atoms with Gasteiger partial charge in [0.2, 0.25) is 0 Å². The molecule has 11 heteroatoms. The van der Waals surface area contributed by atoms with E-state index in [1.165, 1.54) is 25.3 Å². The number of nitrogens with zero attached hydrogens (tertiary/aromatic N) is 1. The highest BCUT2D eigenvalue weighted by Gasteiger charge is 2.42. The summed E-state index contributed by atoms with van der Waals surface area (Å²) in [4.78, 5) is 0. The Morgan fingerprint density at radius 2 is 1.62 bits per heavy atom.